The van der Waals surface area contributed by atoms with E-state index >= 15 is 0 Å². The van der Waals surface area contributed by atoms with Crippen LogP contribution in [0.2, 0.25) is 0 Å². The number of carbonyl (C=O) groups is 2. The summed E-state index contributed by atoms with van der Waals surface area (Å²) < 4.78 is 14.6. The minimum atomic E-state index is -0.610. The highest BCUT2D eigenvalue weighted by atomic mass is 16.5. The van der Waals surface area contributed by atoms with Gasteiger partial charge in [0.2, 0.25) is 0 Å². The summed E-state index contributed by atoms with van der Waals surface area (Å²) in [7, 11) is 4.46. The molecule has 1 fully saturated rings. The molecule has 0 unspecified atom stereocenters. The SMILES string of the molecule is COC(=O)C(C=NC1CC1)=C(O)C=Cc1ccc(OC)cc1.COc1ccc(C=O)cc1. The molecule has 0 saturated heterocycles. The molecule has 0 radical (unpaired) electrons. The smallest absolute Gasteiger partial charge is 0.343 e. The highest BCUT2D eigenvalue weighted by molar-refractivity contribution is 6.10. The molecule has 1 saturated carbocycles. The predicted octanol–water partition coefficient (Wildman–Crippen LogP) is 4.43. The van der Waals surface area contributed by atoms with E-state index in [2.05, 4.69) is 9.73 Å². The van der Waals surface area contributed by atoms with Crippen LogP contribution >= 0.6 is 0 Å². The van der Waals surface area contributed by atoms with Crippen molar-refractivity contribution in [1.82, 2.24) is 0 Å². The topological polar surface area (TPSA) is 94.4 Å². The molecule has 0 amide bonds. The van der Waals surface area contributed by atoms with Crippen LogP contribution in [0.1, 0.15) is 28.8 Å². The fourth-order valence-electron chi connectivity index (χ4n) is 2.40. The minimum absolute atomic E-state index is 0.0548. The number of aliphatic hydroxyl groups is 1. The van der Waals surface area contributed by atoms with E-state index in [4.69, 9.17) is 9.47 Å². The summed E-state index contributed by atoms with van der Waals surface area (Å²) in [6.07, 6.45) is 7.38. The Morgan fingerprint density at radius 1 is 0.938 bits per heavy atom. The number of rotatable bonds is 8. The molecule has 0 spiro atoms. The van der Waals surface area contributed by atoms with E-state index in [1.807, 2.05) is 24.3 Å². The Morgan fingerprint density at radius 2 is 1.47 bits per heavy atom. The number of aldehydes is 1. The number of hydrogen-bond acceptors (Lipinski definition) is 7. The Balaban J connectivity index is 0.000000303. The van der Waals surface area contributed by atoms with Crippen molar-refractivity contribution in [1.29, 1.82) is 0 Å². The van der Waals surface area contributed by atoms with Crippen LogP contribution in [0, 0.1) is 0 Å². The average Bonchev–Trinajstić information content (AvgIpc) is 3.68. The first-order valence-electron chi connectivity index (χ1n) is 9.96. The lowest BCUT2D eigenvalue weighted by atomic mass is 10.1. The maximum atomic E-state index is 11.7. The van der Waals surface area contributed by atoms with Crippen LogP contribution in [0.4, 0.5) is 0 Å². The van der Waals surface area contributed by atoms with Gasteiger partial charge in [0.15, 0.2) is 0 Å². The van der Waals surface area contributed by atoms with Crippen molar-refractivity contribution >= 4 is 24.5 Å². The monoisotopic (exact) mass is 437 g/mol. The van der Waals surface area contributed by atoms with Gasteiger partial charge in [-0.05, 0) is 60.9 Å². The summed E-state index contributed by atoms with van der Waals surface area (Å²) >= 11 is 0. The highest BCUT2D eigenvalue weighted by Gasteiger charge is 2.20. The van der Waals surface area contributed by atoms with Gasteiger partial charge in [0, 0.05) is 11.8 Å². The Morgan fingerprint density at radius 3 is 1.91 bits per heavy atom. The van der Waals surface area contributed by atoms with Crippen LogP contribution in [-0.4, -0.2) is 50.9 Å². The van der Waals surface area contributed by atoms with E-state index in [0.29, 0.717) is 5.56 Å². The minimum Gasteiger partial charge on any atom is -0.507 e. The Labute approximate surface area is 187 Å². The zero-order valence-electron chi connectivity index (χ0n) is 18.4. The number of aliphatic imine (C=N–C) groups is 1. The number of ether oxygens (including phenoxy) is 3. The number of benzene rings is 2. The number of methoxy groups -OCH3 is 3. The van der Waals surface area contributed by atoms with Crippen molar-refractivity contribution in [3.8, 4) is 11.5 Å². The van der Waals surface area contributed by atoms with Crippen LogP contribution < -0.4 is 9.47 Å². The van der Waals surface area contributed by atoms with Gasteiger partial charge in [0.25, 0.3) is 0 Å². The van der Waals surface area contributed by atoms with Gasteiger partial charge in [-0.25, -0.2) is 4.79 Å². The summed E-state index contributed by atoms with van der Waals surface area (Å²) in [5, 5.41) is 10.1. The molecular weight excluding hydrogens is 410 g/mol. The molecule has 1 aliphatic rings. The number of carbonyl (C=O) groups excluding carboxylic acids is 2. The molecule has 0 bridgehead atoms. The Bertz CT molecular complexity index is 970. The van der Waals surface area contributed by atoms with E-state index in [-0.39, 0.29) is 17.4 Å². The number of nitrogens with zero attached hydrogens (tertiary/aromatic N) is 1. The third kappa shape index (κ3) is 8.10. The lowest BCUT2D eigenvalue weighted by Crippen LogP contribution is -2.09. The average molecular weight is 437 g/mol. The molecule has 2 aromatic rings. The third-order valence-corrected chi connectivity index (χ3v) is 4.44. The van der Waals surface area contributed by atoms with Crippen molar-refractivity contribution in [2.45, 2.75) is 18.9 Å². The zero-order chi connectivity index (χ0) is 23.3. The number of esters is 1. The molecule has 2 aromatic carbocycles. The maximum Gasteiger partial charge on any atom is 0.343 e. The summed E-state index contributed by atoms with van der Waals surface area (Å²) in [5.41, 5.74) is 1.59. The number of aliphatic hydroxyl groups excluding tert-OH is 1. The predicted molar refractivity (Wildman–Crippen MR) is 124 cm³/mol. The van der Waals surface area contributed by atoms with Crippen molar-refractivity contribution in [2.75, 3.05) is 21.3 Å². The lowest BCUT2D eigenvalue weighted by molar-refractivity contribution is -0.135. The van der Waals surface area contributed by atoms with Gasteiger partial charge in [-0.3, -0.25) is 9.79 Å². The maximum absolute atomic E-state index is 11.7. The normalized spacial score (nSPS) is 13.7. The molecular formula is C25H27NO6. The lowest BCUT2D eigenvalue weighted by Gasteiger charge is -2.02. The molecule has 1 aliphatic carbocycles. The second-order valence-corrected chi connectivity index (χ2v) is 6.80. The molecule has 168 valence electrons. The first-order valence-corrected chi connectivity index (χ1v) is 9.96. The molecule has 0 aromatic heterocycles. The second kappa shape index (κ2) is 12.7. The molecule has 1 N–H and O–H groups in total. The van der Waals surface area contributed by atoms with E-state index in [1.165, 1.54) is 19.4 Å². The first kappa shape index (κ1) is 24.4. The van der Waals surface area contributed by atoms with Gasteiger partial charge in [0.1, 0.15) is 29.1 Å². The second-order valence-electron chi connectivity index (χ2n) is 6.80. The molecule has 7 heteroatoms. The standard InChI is InChI=1S/C17H19NO4.C8H8O2/c1-21-14-8-3-12(4-9-14)5-10-16(19)15(17(20)22-2)11-18-13-6-7-13;1-10-8-4-2-7(6-9)3-5-8/h3-5,8-11,13,19H,6-7H2,1-2H3;2-6H,1H3. The van der Waals surface area contributed by atoms with Crippen molar-refractivity contribution in [3.05, 3.63) is 77.1 Å². The van der Waals surface area contributed by atoms with E-state index in [1.54, 1.807) is 44.6 Å². The highest BCUT2D eigenvalue weighted by Crippen LogP contribution is 2.23. The largest absolute Gasteiger partial charge is 0.507 e. The first-order chi connectivity index (χ1) is 15.5. The van der Waals surface area contributed by atoms with Crippen LogP contribution in [0.25, 0.3) is 6.08 Å². The summed E-state index contributed by atoms with van der Waals surface area (Å²) in [4.78, 5) is 26.1. The summed E-state index contributed by atoms with van der Waals surface area (Å²) in [5.74, 6) is 0.739. The van der Waals surface area contributed by atoms with Crippen molar-refractivity contribution in [3.63, 3.8) is 0 Å². The molecule has 32 heavy (non-hydrogen) atoms. The van der Waals surface area contributed by atoms with E-state index in [9.17, 15) is 14.7 Å². The summed E-state index contributed by atoms with van der Waals surface area (Å²) in [6, 6.07) is 14.5. The van der Waals surface area contributed by atoms with Crippen LogP contribution in [0.5, 0.6) is 11.5 Å². The van der Waals surface area contributed by atoms with Gasteiger partial charge in [-0.1, -0.05) is 18.2 Å². The van der Waals surface area contributed by atoms with Crippen LogP contribution in [0.15, 0.2) is 70.9 Å². The third-order valence-electron chi connectivity index (χ3n) is 4.44. The van der Waals surface area contributed by atoms with Crippen LogP contribution in [-0.2, 0) is 9.53 Å². The number of allylic oxidation sites excluding steroid dienone is 1. The zero-order valence-corrected chi connectivity index (χ0v) is 18.4. The quantitative estimate of drug-likeness (QED) is 0.164. The van der Waals surface area contributed by atoms with Crippen molar-refractivity contribution < 1.29 is 28.9 Å². The fraction of sp³-hybridized carbons (Fsp3) is 0.240. The number of hydrogen-bond donors (Lipinski definition) is 1. The van der Waals surface area contributed by atoms with Crippen molar-refractivity contribution in [2.24, 2.45) is 4.99 Å². The molecule has 0 heterocycles. The molecule has 0 aliphatic heterocycles. The fourth-order valence-corrected chi connectivity index (χ4v) is 2.40. The van der Waals surface area contributed by atoms with Gasteiger partial charge in [-0.2, -0.15) is 0 Å². The van der Waals surface area contributed by atoms with Gasteiger partial charge in [0.05, 0.1) is 27.4 Å². The Kier molecular flexibility index (Phi) is 9.71. The van der Waals surface area contributed by atoms with Gasteiger partial charge < -0.3 is 19.3 Å². The van der Waals surface area contributed by atoms with Gasteiger partial charge in [-0.15, -0.1) is 0 Å². The molecule has 7 nitrogen and oxygen atoms in total. The van der Waals surface area contributed by atoms with Gasteiger partial charge >= 0.3 is 5.97 Å². The van der Waals surface area contributed by atoms with Crippen LogP contribution in [0.3, 0.4) is 0 Å². The summed E-state index contributed by atoms with van der Waals surface area (Å²) in [6.45, 7) is 0. The van der Waals surface area contributed by atoms with E-state index in [0.717, 1.165) is 36.2 Å². The molecule has 3 rings (SSSR count). The molecule has 0 atom stereocenters. The Hall–Kier alpha value is -3.87. The van der Waals surface area contributed by atoms with E-state index < -0.39 is 5.97 Å².